The van der Waals surface area contributed by atoms with Crippen LogP contribution in [0.4, 0.5) is 0 Å². The van der Waals surface area contributed by atoms with Crippen LogP contribution in [0.25, 0.3) is 11.3 Å². The SMILES string of the molecule is CCOc1ccc(C2c3c(-c4ccc(OC)cc4)n[nH]c3C(=O)N2C2CCCC2)cc1OC. The van der Waals surface area contributed by atoms with Crippen molar-refractivity contribution in [1.29, 1.82) is 0 Å². The number of hydrogen-bond acceptors (Lipinski definition) is 5. The van der Waals surface area contributed by atoms with Gasteiger partial charge in [0.1, 0.15) is 11.4 Å². The van der Waals surface area contributed by atoms with Crippen LogP contribution in [0.2, 0.25) is 0 Å². The van der Waals surface area contributed by atoms with E-state index in [2.05, 4.69) is 15.1 Å². The van der Waals surface area contributed by atoms with Crippen molar-refractivity contribution < 1.29 is 19.0 Å². The van der Waals surface area contributed by atoms with Crippen LogP contribution in [0.3, 0.4) is 0 Å². The lowest BCUT2D eigenvalue weighted by atomic mass is 9.95. The summed E-state index contributed by atoms with van der Waals surface area (Å²) in [6.45, 7) is 2.50. The van der Waals surface area contributed by atoms with Gasteiger partial charge < -0.3 is 19.1 Å². The Morgan fingerprint density at radius 1 is 1.03 bits per heavy atom. The molecular weight excluding hydrogens is 418 g/mol. The molecule has 2 aromatic carbocycles. The molecule has 2 aliphatic rings. The lowest BCUT2D eigenvalue weighted by molar-refractivity contribution is 0.0660. The van der Waals surface area contributed by atoms with Crippen LogP contribution in [-0.2, 0) is 0 Å². The van der Waals surface area contributed by atoms with Crippen LogP contribution in [0.1, 0.15) is 60.3 Å². The molecule has 3 aromatic rings. The van der Waals surface area contributed by atoms with Crippen molar-refractivity contribution in [1.82, 2.24) is 15.1 Å². The summed E-state index contributed by atoms with van der Waals surface area (Å²) < 4.78 is 16.7. The fourth-order valence-corrected chi connectivity index (χ4v) is 5.15. The average molecular weight is 448 g/mol. The Hall–Kier alpha value is -3.48. The summed E-state index contributed by atoms with van der Waals surface area (Å²) in [4.78, 5) is 15.7. The van der Waals surface area contributed by atoms with Crippen LogP contribution in [0.15, 0.2) is 42.5 Å². The summed E-state index contributed by atoms with van der Waals surface area (Å²) in [5.41, 5.74) is 4.22. The molecule has 1 unspecified atom stereocenters. The number of carbonyl (C=O) groups excluding carboxylic acids is 1. The predicted molar refractivity (Wildman–Crippen MR) is 125 cm³/mol. The van der Waals surface area contributed by atoms with Gasteiger partial charge in [0.2, 0.25) is 0 Å². The number of ether oxygens (including phenoxy) is 3. The van der Waals surface area contributed by atoms with Gasteiger partial charge in [0.05, 0.1) is 32.6 Å². The summed E-state index contributed by atoms with van der Waals surface area (Å²) in [6.07, 6.45) is 4.33. The van der Waals surface area contributed by atoms with Crippen molar-refractivity contribution in [3.63, 3.8) is 0 Å². The van der Waals surface area contributed by atoms with Crippen LogP contribution in [0.5, 0.6) is 17.2 Å². The van der Waals surface area contributed by atoms with Crippen LogP contribution >= 0.6 is 0 Å². The molecule has 0 spiro atoms. The van der Waals surface area contributed by atoms with Crippen molar-refractivity contribution in [2.75, 3.05) is 20.8 Å². The standard InChI is InChI=1S/C26H29N3O4/c1-4-33-20-14-11-17(15-21(20)32-3)25-22-23(16-9-12-19(31-2)13-10-16)27-28-24(22)26(30)29(25)18-7-5-6-8-18/h9-15,18,25H,4-8H2,1-3H3,(H,27,28). The van der Waals surface area contributed by atoms with Gasteiger partial charge in [-0.05, 0) is 61.7 Å². The minimum Gasteiger partial charge on any atom is -0.497 e. The first-order valence-electron chi connectivity index (χ1n) is 11.5. The largest absolute Gasteiger partial charge is 0.497 e. The summed E-state index contributed by atoms with van der Waals surface area (Å²) in [6, 6.07) is 13.7. The van der Waals surface area contributed by atoms with Crippen LogP contribution in [-0.4, -0.2) is 47.9 Å². The summed E-state index contributed by atoms with van der Waals surface area (Å²) in [7, 11) is 3.29. The van der Waals surface area contributed by atoms with E-state index in [0.29, 0.717) is 23.8 Å². The van der Waals surface area contributed by atoms with Gasteiger partial charge in [-0.25, -0.2) is 0 Å². The zero-order valence-corrected chi connectivity index (χ0v) is 19.3. The molecule has 1 aromatic heterocycles. The molecule has 1 aliphatic carbocycles. The number of H-pyrrole nitrogens is 1. The minimum absolute atomic E-state index is 0.0158. The first-order valence-corrected chi connectivity index (χ1v) is 11.5. The van der Waals surface area contributed by atoms with Gasteiger partial charge in [0.15, 0.2) is 11.5 Å². The molecule has 1 amide bonds. The number of aromatic nitrogens is 2. The van der Waals surface area contributed by atoms with E-state index in [0.717, 1.165) is 53.8 Å². The van der Waals surface area contributed by atoms with E-state index in [4.69, 9.17) is 14.2 Å². The zero-order valence-electron chi connectivity index (χ0n) is 19.3. The number of carbonyl (C=O) groups is 1. The topological polar surface area (TPSA) is 76.7 Å². The number of rotatable bonds is 7. The second kappa shape index (κ2) is 8.81. The second-order valence-electron chi connectivity index (χ2n) is 8.49. The van der Waals surface area contributed by atoms with Gasteiger partial charge in [-0.3, -0.25) is 9.89 Å². The average Bonchev–Trinajstić information content (AvgIpc) is 3.57. The van der Waals surface area contributed by atoms with E-state index in [1.807, 2.05) is 49.4 Å². The second-order valence-corrected chi connectivity index (χ2v) is 8.49. The number of amides is 1. The maximum Gasteiger partial charge on any atom is 0.273 e. The summed E-state index contributed by atoms with van der Waals surface area (Å²) in [5.74, 6) is 2.16. The van der Waals surface area contributed by atoms with Crippen molar-refractivity contribution >= 4 is 5.91 Å². The Bertz CT molecular complexity index is 1150. The molecular formula is C26H29N3O4. The molecule has 0 bridgehead atoms. The Balaban J connectivity index is 1.64. The van der Waals surface area contributed by atoms with Gasteiger partial charge in [-0.2, -0.15) is 5.10 Å². The number of nitrogens with zero attached hydrogens (tertiary/aromatic N) is 2. The van der Waals surface area contributed by atoms with Crippen molar-refractivity contribution in [2.24, 2.45) is 0 Å². The highest BCUT2D eigenvalue weighted by molar-refractivity contribution is 6.00. The molecule has 1 atom stereocenters. The Morgan fingerprint density at radius 3 is 2.45 bits per heavy atom. The lowest BCUT2D eigenvalue weighted by Crippen LogP contribution is -2.37. The molecule has 5 rings (SSSR count). The van der Waals surface area contributed by atoms with Crippen molar-refractivity contribution in [2.45, 2.75) is 44.7 Å². The fraction of sp³-hybridized carbons (Fsp3) is 0.385. The third-order valence-corrected chi connectivity index (χ3v) is 6.69. The minimum atomic E-state index is -0.240. The quantitative estimate of drug-likeness (QED) is 0.553. The molecule has 1 aliphatic heterocycles. The smallest absolute Gasteiger partial charge is 0.273 e. The Kier molecular flexibility index (Phi) is 5.70. The van der Waals surface area contributed by atoms with Crippen LogP contribution in [0, 0.1) is 0 Å². The highest BCUT2D eigenvalue weighted by atomic mass is 16.5. The first-order chi connectivity index (χ1) is 16.2. The molecule has 33 heavy (non-hydrogen) atoms. The summed E-state index contributed by atoms with van der Waals surface area (Å²) in [5, 5.41) is 7.62. The van der Waals surface area contributed by atoms with E-state index in [9.17, 15) is 4.79 Å². The molecule has 172 valence electrons. The van der Waals surface area contributed by atoms with E-state index in [1.165, 1.54) is 0 Å². The molecule has 0 radical (unpaired) electrons. The molecule has 7 heteroatoms. The number of nitrogens with one attached hydrogen (secondary N) is 1. The Labute approximate surface area is 193 Å². The number of methoxy groups -OCH3 is 2. The zero-order chi connectivity index (χ0) is 22.9. The van der Waals surface area contributed by atoms with E-state index in [1.54, 1.807) is 14.2 Å². The number of aromatic amines is 1. The maximum atomic E-state index is 13.6. The fourth-order valence-electron chi connectivity index (χ4n) is 5.15. The number of fused-ring (bicyclic) bond motifs is 1. The van der Waals surface area contributed by atoms with Crippen molar-refractivity contribution in [3.05, 3.63) is 59.3 Å². The molecule has 0 saturated heterocycles. The van der Waals surface area contributed by atoms with E-state index < -0.39 is 0 Å². The maximum absolute atomic E-state index is 13.6. The first kappa shape index (κ1) is 21.4. The van der Waals surface area contributed by atoms with Crippen LogP contribution < -0.4 is 14.2 Å². The molecule has 1 saturated carbocycles. The monoisotopic (exact) mass is 447 g/mol. The number of hydrogen-bond donors (Lipinski definition) is 1. The highest BCUT2D eigenvalue weighted by Crippen LogP contribution is 2.47. The number of benzene rings is 2. The van der Waals surface area contributed by atoms with Gasteiger partial charge >= 0.3 is 0 Å². The van der Waals surface area contributed by atoms with Gasteiger partial charge in [0.25, 0.3) is 5.91 Å². The molecule has 7 nitrogen and oxygen atoms in total. The molecule has 1 fully saturated rings. The lowest BCUT2D eigenvalue weighted by Gasteiger charge is -2.32. The van der Waals surface area contributed by atoms with Gasteiger partial charge in [0, 0.05) is 17.2 Å². The van der Waals surface area contributed by atoms with Gasteiger partial charge in [-0.1, -0.05) is 18.9 Å². The van der Waals surface area contributed by atoms with Crippen molar-refractivity contribution in [3.8, 4) is 28.5 Å². The summed E-state index contributed by atoms with van der Waals surface area (Å²) >= 11 is 0. The van der Waals surface area contributed by atoms with E-state index >= 15 is 0 Å². The third kappa shape index (κ3) is 3.61. The van der Waals surface area contributed by atoms with E-state index in [-0.39, 0.29) is 18.0 Å². The Morgan fingerprint density at radius 2 is 1.79 bits per heavy atom. The third-order valence-electron chi connectivity index (χ3n) is 6.69. The highest BCUT2D eigenvalue weighted by Gasteiger charge is 2.45. The molecule has 2 heterocycles. The normalized spacial score (nSPS) is 18.0. The predicted octanol–water partition coefficient (Wildman–Crippen LogP) is 4.98. The molecule has 1 N–H and O–H groups in total. The van der Waals surface area contributed by atoms with Gasteiger partial charge in [-0.15, -0.1) is 0 Å².